The van der Waals surface area contributed by atoms with Gasteiger partial charge in [-0.15, -0.1) is 0 Å². The van der Waals surface area contributed by atoms with Crippen molar-refractivity contribution < 1.29 is 19.1 Å². The lowest BCUT2D eigenvalue weighted by Crippen LogP contribution is -2.47. The van der Waals surface area contributed by atoms with Crippen molar-refractivity contribution in [2.24, 2.45) is 5.16 Å². The third-order valence-electron chi connectivity index (χ3n) is 2.16. The fraction of sp³-hybridized carbons (Fsp3) is 0.800. The molecule has 1 heterocycles. The van der Waals surface area contributed by atoms with Crippen molar-refractivity contribution in [3.63, 3.8) is 0 Å². The first-order chi connectivity index (χ1) is 7.33. The first kappa shape index (κ1) is 12.7. The molecule has 92 valence electrons. The number of alkyl halides is 1. The van der Waals surface area contributed by atoms with E-state index in [0.717, 1.165) is 0 Å². The second-order valence-electron chi connectivity index (χ2n) is 4.74. The maximum Gasteiger partial charge on any atom is 0.410 e. The molecule has 6 heteroatoms. The van der Waals surface area contributed by atoms with Crippen LogP contribution in [0.25, 0.3) is 0 Å². The molecule has 0 radical (unpaired) electrons. The minimum Gasteiger partial charge on any atom is -0.444 e. The summed E-state index contributed by atoms with van der Waals surface area (Å²) >= 11 is 0. The quantitative estimate of drug-likeness (QED) is 0.511. The van der Waals surface area contributed by atoms with Crippen molar-refractivity contribution in [2.75, 3.05) is 13.1 Å². The van der Waals surface area contributed by atoms with Gasteiger partial charge in [-0.1, -0.05) is 5.16 Å². The Kier molecular flexibility index (Phi) is 3.72. The van der Waals surface area contributed by atoms with Gasteiger partial charge in [0.1, 0.15) is 5.60 Å². The van der Waals surface area contributed by atoms with Crippen LogP contribution in [0.15, 0.2) is 5.16 Å². The van der Waals surface area contributed by atoms with Gasteiger partial charge in [-0.05, 0) is 20.8 Å². The van der Waals surface area contributed by atoms with Crippen LogP contribution < -0.4 is 0 Å². The van der Waals surface area contributed by atoms with Gasteiger partial charge in [0.2, 0.25) is 0 Å². The van der Waals surface area contributed by atoms with Crippen LogP contribution in [0.1, 0.15) is 27.2 Å². The molecule has 1 fully saturated rings. The van der Waals surface area contributed by atoms with Gasteiger partial charge in [0.15, 0.2) is 6.17 Å². The molecule has 1 saturated heterocycles. The summed E-state index contributed by atoms with van der Waals surface area (Å²) in [5, 5.41) is 11.3. The highest BCUT2D eigenvalue weighted by Gasteiger charge is 2.31. The molecule has 0 aliphatic carbocycles. The van der Waals surface area contributed by atoms with Gasteiger partial charge in [-0.3, -0.25) is 0 Å². The van der Waals surface area contributed by atoms with Gasteiger partial charge in [-0.25, -0.2) is 9.18 Å². The van der Waals surface area contributed by atoms with Crippen LogP contribution in [0.2, 0.25) is 0 Å². The summed E-state index contributed by atoms with van der Waals surface area (Å²) in [6, 6.07) is 0. The van der Waals surface area contributed by atoms with Crippen molar-refractivity contribution in [1.29, 1.82) is 0 Å². The Balaban J connectivity index is 2.55. The molecule has 1 aliphatic rings. The van der Waals surface area contributed by atoms with Gasteiger partial charge >= 0.3 is 6.09 Å². The molecule has 16 heavy (non-hydrogen) atoms. The number of hydrogen-bond donors (Lipinski definition) is 1. The lowest BCUT2D eigenvalue weighted by Gasteiger charge is -2.31. The third kappa shape index (κ3) is 3.36. The Morgan fingerprint density at radius 1 is 1.62 bits per heavy atom. The number of ether oxygens (including phenoxy) is 1. The van der Waals surface area contributed by atoms with E-state index in [0.29, 0.717) is 6.54 Å². The van der Waals surface area contributed by atoms with E-state index in [2.05, 4.69) is 5.16 Å². The average Bonchev–Trinajstić information content (AvgIpc) is 2.15. The number of likely N-dealkylation sites (tertiary alicyclic amines) is 1. The molecule has 1 aliphatic heterocycles. The zero-order valence-corrected chi connectivity index (χ0v) is 9.73. The van der Waals surface area contributed by atoms with Crippen LogP contribution in [0.5, 0.6) is 0 Å². The summed E-state index contributed by atoms with van der Waals surface area (Å²) in [4.78, 5) is 12.9. The minimum absolute atomic E-state index is 0.0832. The van der Waals surface area contributed by atoms with Crippen LogP contribution in [-0.2, 0) is 4.74 Å². The van der Waals surface area contributed by atoms with Crippen LogP contribution >= 0.6 is 0 Å². The summed E-state index contributed by atoms with van der Waals surface area (Å²) in [7, 11) is 0. The van der Waals surface area contributed by atoms with E-state index in [1.54, 1.807) is 20.8 Å². The molecular weight excluding hydrogens is 215 g/mol. The highest BCUT2D eigenvalue weighted by atomic mass is 19.1. The summed E-state index contributed by atoms with van der Waals surface area (Å²) in [6.07, 6.45) is -1.71. The van der Waals surface area contributed by atoms with Crippen molar-refractivity contribution in [2.45, 2.75) is 39.0 Å². The highest BCUT2D eigenvalue weighted by Crippen LogP contribution is 2.15. The zero-order valence-electron chi connectivity index (χ0n) is 9.73. The Hall–Kier alpha value is -1.33. The summed E-state index contributed by atoms with van der Waals surface area (Å²) in [5.74, 6) is 0. The standard InChI is InChI=1S/C10H17FN2O3/c1-10(2,3)16-9(14)13-5-4-8(12-15)7(11)6-13/h7,15H,4-6H2,1-3H3/b12-8-. The number of oxime groups is 1. The number of amides is 1. The zero-order chi connectivity index (χ0) is 12.3. The van der Waals surface area contributed by atoms with Crippen LogP contribution in [0.3, 0.4) is 0 Å². The maximum absolute atomic E-state index is 13.4. The van der Waals surface area contributed by atoms with E-state index in [1.807, 2.05) is 0 Å². The fourth-order valence-electron chi connectivity index (χ4n) is 1.40. The predicted molar refractivity (Wildman–Crippen MR) is 56.5 cm³/mol. The lowest BCUT2D eigenvalue weighted by atomic mass is 10.1. The molecule has 0 aromatic heterocycles. The molecule has 1 rings (SSSR count). The van der Waals surface area contributed by atoms with E-state index < -0.39 is 17.9 Å². The molecule has 1 atom stereocenters. The van der Waals surface area contributed by atoms with E-state index in [-0.39, 0.29) is 18.7 Å². The van der Waals surface area contributed by atoms with Gasteiger partial charge in [-0.2, -0.15) is 0 Å². The highest BCUT2D eigenvalue weighted by molar-refractivity contribution is 5.90. The Bertz CT molecular complexity index is 299. The lowest BCUT2D eigenvalue weighted by molar-refractivity contribution is 0.0209. The Labute approximate surface area is 93.9 Å². The van der Waals surface area contributed by atoms with Crippen LogP contribution in [0, 0.1) is 0 Å². The third-order valence-corrected chi connectivity index (χ3v) is 2.16. The van der Waals surface area contributed by atoms with E-state index in [4.69, 9.17) is 9.94 Å². The number of rotatable bonds is 0. The largest absolute Gasteiger partial charge is 0.444 e. The van der Waals surface area contributed by atoms with Crippen LogP contribution in [0.4, 0.5) is 9.18 Å². The molecule has 0 spiro atoms. The number of nitrogens with zero attached hydrogens (tertiary/aromatic N) is 2. The van der Waals surface area contributed by atoms with Crippen molar-refractivity contribution in [1.82, 2.24) is 4.90 Å². The normalized spacial score (nSPS) is 24.6. The predicted octanol–water partition coefficient (Wildman–Crippen LogP) is 1.80. The first-order valence-corrected chi connectivity index (χ1v) is 5.16. The maximum atomic E-state index is 13.4. The number of piperidine rings is 1. The molecule has 0 saturated carbocycles. The number of halogens is 1. The van der Waals surface area contributed by atoms with Gasteiger partial charge in [0.05, 0.1) is 12.3 Å². The average molecular weight is 232 g/mol. The van der Waals surface area contributed by atoms with E-state index in [9.17, 15) is 9.18 Å². The molecule has 0 aromatic rings. The second-order valence-corrected chi connectivity index (χ2v) is 4.74. The van der Waals surface area contributed by atoms with Gasteiger partial charge in [0.25, 0.3) is 0 Å². The van der Waals surface area contributed by atoms with E-state index in [1.165, 1.54) is 4.90 Å². The van der Waals surface area contributed by atoms with Gasteiger partial charge in [0, 0.05) is 13.0 Å². The molecule has 0 bridgehead atoms. The van der Waals surface area contributed by atoms with Gasteiger partial charge < -0.3 is 14.8 Å². The summed E-state index contributed by atoms with van der Waals surface area (Å²) in [6.45, 7) is 5.45. The monoisotopic (exact) mass is 232 g/mol. The van der Waals surface area contributed by atoms with Crippen molar-refractivity contribution in [3.8, 4) is 0 Å². The Morgan fingerprint density at radius 2 is 2.25 bits per heavy atom. The Morgan fingerprint density at radius 3 is 2.69 bits per heavy atom. The smallest absolute Gasteiger partial charge is 0.410 e. The molecule has 0 aromatic carbocycles. The van der Waals surface area contributed by atoms with Crippen molar-refractivity contribution in [3.05, 3.63) is 0 Å². The summed E-state index contributed by atoms with van der Waals surface area (Å²) < 4.78 is 18.5. The number of hydrogen-bond acceptors (Lipinski definition) is 4. The van der Waals surface area contributed by atoms with Crippen LogP contribution in [-0.4, -0.2) is 46.8 Å². The fourth-order valence-corrected chi connectivity index (χ4v) is 1.40. The first-order valence-electron chi connectivity index (χ1n) is 5.16. The topological polar surface area (TPSA) is 62.1 Å². The summed E-state index contributed by atoms with van der Waals surface area (Å²) in [5.41, 5.74) is -0.506. The molecular formula is C10H17FN2O3. The molecule has 1 N–H and O–H groups in total. The number of carbonyl (C=O) groups excluding carboxylic acids is 1. The van der Waals surface area contributed by atoms with E-state index >= 15 is 0 Å². The second kappa shape index (κ2) is 4.67. The molecule has 1 unspecified atom stereocenters. The molecule has 5 nitrogen and oxygen atoms in total. The number of carbonyl (C=O) groups is 1. The van der Waals surface area contributed by atoms with Crippen molar-refractivity contribution >= 4 is 11.8 Å². The minimum atomic E-state index is -1.41. The SMILES string of the molecule is CC(C)(C)OC(=O)N1CC/C(=N/O)C(F)C1. The molecule has 1 amide bonds.